The van der Waals surface area contributed by atoms with Gasteiger partial charge in [-0.05, 0) is 51.4 Å². The lowest BCUT2D eigenvalue weighted by atomic mass is 10.0. The molecule has 0 aliphatic carbocycles. The third kappa shape index (κ3) is 42.8. The van der Waals surface area contributed by atoms with Gasteiger partial charge >= 0.3 is 13.8 Å². The molecule has 0 heterocycles. The fourth-order valence-electron chi connectivity index (χ4n) is 5.79. The highest BCUT2D eigenvalue weighted by atomic mass is 31.2. The van der Waals surface area contributed by atoms with Gasteiger partial charge in [0, 0.05) is 13.0 Å². The average Bonchev–Trinajstić information content (AvgIpc) is 3.10. The molecule has 0 aromatic rings. The number of allylic oxidation sites excluding steroid dienone is 8. The Kier molecular flexibility index (Phi) is 38.5. The van der Waals surface area contributed by atoms with E-state index in [2.05, 4.69) is 67.0 Å². The number of phosphoric acid groups is 1. The van der Waals surface area contributed by atoms with E-state index in [1.807, 2.05) is 0 Å². The minimum Gasteiger partial charge on any atom is -0.457 e. The van der Waals surface area contributed by atoms with Crippen molar-refractivity contribution < 1.29 is 33.1 Å². The lowest BCUT2D eigenvalue weighted by Gasteiger charge is -2.18. The van der Waals surface area contributed by atoms with Crippen LogP contribution in [0.4, 0.5) is 0 Å². The molecule has 1 atom stereocenters. The molecule has 0 aliphatic rings. The number of carbonyl (C=O) groups excluding carboxylic acids is 1. The first-order chi connectivity index (χ1) is 24.9. The van der Waals surface area contributed by atoms with E-state index in [0.29, 0.717) is 13.0 Å². The fraction of sp³-hybridized carbons (Fsp3) is 0.791. The Labute approximate surface area is 314 Å². The summed E-state index contributed by atoms with van der Waals surface area (Å²) in [5, 5.41) is 0. The summed E-state index contributed by atoms with van der Waals surface area (Å²) < 4.78 is 26.9. The highest BCUT2D eigenvalue weighted by molar-refractivity contribution is 7.46. The Morgan fingerprint density at radius 2 is 0.922 bits per heavy atom. The van der Waals surface area contributed by atoms with Crippen LogP contribution in [-0.4, -0.2) is 41.7 Å². The van der Waals surface area contributed by atoms with Crippen LogP contribution in [0, 0.1) is 0 Å². The van der Waals surface area contributed by atoms with Crippen molar-refractivity contribution >= 4 is 13.8 Å². The molecule has 0 spiro atoms. The lowest BCUT2D eigenvalue weighted by Crippen LogP contribution is -2.28. The van der Waals surface area contributed by atoms with Gasteiger partial charge in [-0.1, -0.05) is 184 Å². The molecule has 0 bridgehead atoms. The van der Waals surface area contributed by atoms with Crippen molar-refractivity contribution in [3.63, 3.8) is 0 Å². The zero-order valence-corrected chi connectivity index (χ0v) is 33.9. The molecule has 0 aliphatic heterocycles. The first kappa shape index (κ1) is 49.5. The highest BCUT2D eigenvalue weighted by Crippen LogP contribution is 2.36. The predicted octanol–water partition coefficient (Wildman–Crippen LogP) is 13.2. The number of esters is 1. The van der Waals surface area contributed by atoms with Gasteiger partial charge in [0.15, 0.2) is 0 Å². The average molecular weight is 739 g/mol. The van der Waals surface area contributed by atoms with Gasteiger partial charge in [0.2, 0.25) is 0 Å². The van der Waals surface area contributed by atoms with Crippen LogP contribution in [0.1, 0.15) is 194 Å². The maximum Gasteiger partial charge on any atom is 0.469 e. The quantitative estimate of drug-likeness (QED) is 0.0280. The Morgan fingerprint density at radius 1 is 0.529 bits per heavy atom. The summed E-state index contributed by atoms with van der Waals surface area (Å²) >= 11 is 0. The van der Waals surface area contributed by atoms with Crippen molar-refractivity contribution in [3.05, 3.63) is 48.6 Å². The van der Waals surface area contributed by atoms with E-state index in [1.165, 1.54) is 128 Å². The van der Waals surface area contributed by atoms with E-state index in [-0.39, 0.29) is 13.0 Å². The molecule has 2 N–H and O–H groups in total. The highest BCUT2D eigenvalue weighted by Gasteiger charge is 2.21. The van der Waals surface area contributed by atoms with Crippen molar-refractivity contribution in [2.24, 2.45) is 0 Å². The molecule has 0 aromatic heterocycles. The predicted molar refractivity (Wildman–Crippen MR) is 216 cm³/mol. The van der Waals surface area contributed by atoms with E-state index < -0.39 is 26.5 Å². The minimum atomic E-state index is -4.67. The SMILES string of the molecule is CCCCC/C=C\C/C=C\C/C=C\C/C=C\CCCC(=O)O[C@H](COCCCCCCCCCCCCCCCCCCCC)COP(=O)(O)O. The van der Waals surface area contributed by atoms with Gasteiger partial charge in [-0.2, -0.15) is 0 Å². The molecular weight excluding hydrogens is 659 g/mol. The van der Waals surface area contributed by atoms with Crippen molar-refractivity contribution in [2.75, 3.05) is 19.8 Å². The summed E-state index contributed by atoms with van der Waals surface area (Å²) in [5.41, 5.74) is 0. The summed E-state index contributed by atoms with van der Waals surface area (Å²) in [6, 6.07) is 0. The molecule has 0 saturated heterocycles. The standard InChI is InChI=1S/C43H79O7P/c1-3-5-7-9-11-13-15-17-19-21-23-25-27-29-31-33-35-37-39-48-40-42(41-49-51(45,46)47)50-43(44)38-36-34-32-30-28-26-24-22-20-18-16-14-12-10-8-6-4-2/h12,14,18,20,24,26,30,32,42H,3-11,13,15-17,19,21-23,25,27-29,31,33-41H2,1-2H3,(H2,45,46,47)/b14-12-,20-18-,26-24-,32-30-/t42-/m1/s1. The largest absolute Gasteiger partial charge is 0.469 e. The maximum absolute atomic E-state index is 12.4. The second kappa shape index (κ2) is 39.7. The van der Waals surface area contributed by atoms with Crippen LogP contribution in [0.25, 0.3) is 0 Å². The zero-order valence-electron chi connectivity index (χ0n) is 33.0. The van der Waals surface area contributed by atoms with E-state index in [0.717, 1.165) is 38.5 Å². The van der Waals surface area contributed by atoms with E-state index >= 15 is 0 Å². The topological polar surface area (TPSA) is 102 Å². The van der Waals surface area contributed by atoms with Gasteiger partial charge in [0.1, 0.15) is 6.10 Å². The summed E-state index contributed by atoms with van der Waals surface area (Å²) in [6.07, 6.45) is 49.7. The first-order valence-electron chi connectivity index (χ1n) is 21.0. The van der Waals surface area contributed by atoms with Crippen molar-refractivity contribution in [2.45, 2.75) is 200 Å². The number of unbranched alkanes of at least 4 members (excludes halogenated alkanes) is 21. The lowest BCUT2D eigenvalue weighted by molar-refractivity contribution is -0.154. The number of rotatable bonds is 39. The molecule has 0 radical (unpaired) electrons. The Bertz CT molecular complexity index is 908. The molecule has 0 saturated carbocycles. The van der Waals surface area contributed by atoms with Crippen LogP contribution in [0.5, 0.6) is 0 Å². The molecule has 0 rings (SSSR count). The van der Waals surface area contributed by atoms with E-state index in [9.17, 15) is 9.36 Å². The minimum absolute atomic E-state index is 0.0574. The molecule has 7 nitrogen and oxygen atoms in total. The fourth-order valence-corrected chi connectivity index (χ4v) is 6.15. The second-order valence-electron chi connectivity index (χ2n) is 14.0. The van der Waals surface area contributed by atoms with Gasteiger partial charge in [-0.25, -0.2) is 4.57 Å². The monoisotopic (exact) mass is 739 g/mol. The molecule has 0 amide bonds. The Balaban J connectivity index is 3.87. The molecule has 8 heteroatoms. The summed E-state index contributed by atoms with van der Waals surface area (Å²) in [5.74, 6) is -0.415. The molecule has 0 aromatic carbocycles. The number of phosphoric ester groups is 1. The second-order valence-corrected chi connectivity index (χ2v) is 15.2. The zero-order chi connectivity index (χ0) is 37.4. The van der Waals surface area contributed by atoms with E-state index in [1.54, 1.807) is 0 Å². The van der Waals surface area contributed by atoms with Gasteiger partial charge < -0.3 is 19.3 Å². The van der Waals surface area contributed by atoms with Gasteiger partial charge in [0.05, 0.1) is 13.2 Å². The first-order valence-corrected chi connectivity index (χ1v) is 22.5. The van der Waals surface area contributed by atoms with Crippen LogP contribution in [-0.2, 0) is 23.4 Å². The van der Waals surface area contributed by atoms with Crippen LogP contribution in [0.15, 0.2) is 48.6 Å². The third-order valence-corrected chi connectivity index (χ3v) is 9.37. The Morgan fingerprint density at radius 3 is 1.37 bits per heavy atom. The molecule has 0 unspecified atom stereocenters. The van der Waals surface area contributed by atoms with Gasteiger partial charge in [-0.3, -0.25) is 9.32 Å². The third-order valence-electron chi connectivity index (χ3n) is 8.88. The van der Waals surface area contributed by atoms with Crippen molar-refractivity contribution in [1.29, 1.82) is 0 Å². The number of carbonyl (C=O) groups is 1. The van der Waals surface area contributed by atoms with Crippen molar-refractivity contribution in [3.8, 4) is 0 Å². The maximum atomic E-state index is 12.4. The summed E-state index contributed by atoms with van der Waals surface area (Å²) in [6.45, 7) is 4.68. The summed E-state index contributed by atoms with van der Waals surface area (Å²) in [4.78, 5) is 30.6. The van der Waals surface area contributed by atoms with Crippen LogP contribution >= 0.6 is 7.82 Å². The molecule has 298 valence electrons. The van der Waals surface area contributed by atoms with E-state index in [4.69, 9.17) is 19.3 Å². The number of ether oxygens (including phenoxy) is 2. The molecule has 0 fully saturated rings. The van der Waals surface area contributed by atoms with Crippen LogP contribution in [0.2, 0.25) is 0 Å². The Hall–Kier alpha value is -1.50. The van der Waals surface area contributed by atoms with Crippen molar-refractivity contribution in [1.82, 2.24) is 0 Å². The number of hydrogen-bond donors (Lipinski definition) is 2. The normalized spacial score (nSPS) is 13.1. The molecular formula is C43H79O7P. The number of hydrogen-bond acceptors (Lipinski definition) is 5. The van der Waals surface area contributed by atoms with Crippen LogP contribution < -0.4 is 0 Å². The smallest absolute Gasteiger partial charge is 0.457 e. The van der Waals surface area contributed by atoms with Gasteiger partial charge in [0.25, 0.3) is 0 Å². The summed E-state index contributed by atoms with van der Waals surface area (Å²) in [7, 11) is -4.67. The van der Waals surface area contributed by atoms with Gasteiger partial charge in [-0.15, -0.1) is 0 Å². The van der Waals surface area contributed by atoms with Crippen LogP contribution in [0.3, 0.4) is 0 Å². The molecule has 51 heavy (non-hydrogen) atoms.